The van der Waals surface area contributed by atoms with Crippen LogP contribution in [0.25, 0.3) is 0 Å². The Balaban J connectivity index is 2.07. The zero-order chi connectivity index (χ0) is 11.5. The minimum atomic E-state index is -0.296. The highest BCUT2D eigenvalue weighted by Gasteiger charge is 2.21. The van der Waals surface area contributed by atoms with Gasteiger partial charge in [-0.15, -0.1) is 0 Å². The molecule has 86 valence electrons. The van der Waals surface area contributed by atoms with Crippen molar-refractivity contribution in [3.05, 3.63) is 28.2 Å². The molecule has 1 amide bonds. The van der Waals surface area contributed by atoms with E-state index in [9.17, 15) is 9.59 Å². The number of hydrogen-bond acceptors (Lipinski definition) is 4. The van der Waals surface area contributed by atoms with Crippen molar-refractivity contribution in [1.29, 1.82) is 0 Å². The number of carbonyl (C=O) groups is 1. The molecule has 6 heteroatoms. The molecule has 1 aromatic rings. The van der Waals surface area contributed by atoms with E-state index in [2.05, 4.69) is 15.1 Å². The van der Waals surface area contributed by atoms with Crippen LogP contribution in [-0.4, -0.2) is 59.1 Å². The van der Waals surface area contributed by atoms with Crippen molar-refractivity contribution in [1.82, 2.24) is 20.0 Å². The lowest BCUT2D eigenvalue weighted by molar-refractivity contribution is 0.0657. The molecule has 0 radical (unpaired) electrons. The Morgan fingerprint density at radius 1 is 1.31 bits per heavy atom. The SMILES string of the molecule is CN1CCN(C(=O)c2ccc(=O)[nH]n2)CC1. The monoisotopic (exact) mass is 222 g/mol. The maximum Gasteiger partial charge on any atom is 0.274 e. The third-order valence-electron chi connectivity index (χ3n) is 2.69. The molecule has 1 aliphatic heterocycles. The van der Waals surface area contributed by atoms with Gasteiger partial charge < -0.3 is 9.80 Å². The van der Waals surface area contributed by atoms with E-state index in [1.165, 1.54) is 12.1 Å². The average Bonchev–Trinajstić information content (AvgIpc) is 2.30. The van der Waals surface area contributed by atoms with Crippen LogP contribution in [0.15, 0.2) is 16.9 Å². The molecule has 0 aromatic carbocycles. The molecule has 1 N–H and O–H groups in total. The molecule has 1 saturated heterocycles. The van der Waals surface area contributed by atoms with Gasteiger partial charge in [0.25, 0.3) is 11.5 Å². The molecule has 1 aliphatic rings. The fourth-order valence-corrected chi connectivity index (χ4v) is 1.64. The van der Waals surface area contributed by atoms with E-state index in [1.807, 2.05) is 7.05 Å². The molecule has 0 saturated carbocycles. The smallest absolute Gasteiger partial charge is 0.274 e. The van der Waals surface area contributed by atoms with Crippen molar-refractivity contribution < 1.29 is 4.79 Å². The van der Waals surface area contributed by atoms with Gasteiger partial charge in [0.1, 0.15) is 5.69 Å². The molecule has 2 heterocycles. The standard InChI is InChI=1S/C10H14N4O2/c1-13-4-6-14(7-5-13)10(16)8-2-3-9(15)12-11-8/h2-3H,4-7H2,1H3,(H,12,15). The molecule has 1 fully saturated rings. The summed E-state index contributed by atoms with van der Waals surface area (Å²) in [7, 11) is 2.03. The fraction of sp³-hybridized carbons (Fsp3) is 0.500. The summed E-state index contributed by atoms with van der Waals surface area (Å²) in [5.74, 6) is -0.121. The first kappa shape index (κ1) is 10.8. The maximum absolute atomic E-state index is 11.9. The predicted octanol–water partition coefficient (Wildman–Crippen LogP) is -0.842. The molecule has 1 aromatic heterocycles. The number of H-pyrrole nitrogens is 1. The normalized spacial score (nSPS) is 17.4. The van der Waals surface area contributed by atoms with E-state index in [-0.39, 0.29) is 11.5 Å². The van der Waals surface area contributed by atoms with E-state index < -0.39 is 0 Å². The summed E-state index contributed by atoms with van der Waals surface area (Å²) in [6, 6.07) is 2.77. The van der Waals surface area contributed by atoms with Gasteiger partial charge in [-0.25, -0.2) is 5.10 Å². The highest BCUT2D eigenvalue weighted by atomic mass is 16.2. The van der Waals surface area contributed by atoms with Gasteiger partial charge in [-0.3, -0.25) is 9.59 Å². The van der Waals surface area contributed by atoms with Crippen molar-refractivity contribution in [2.75, 3.05) is 33.2 Å². The second kappa shape index (κ2) is 4.44. The van der Waals surface area contributed by atoms with Crippen LogP contribution in [0.1, 0.15) is 10.5 Å². The second-order valence-corrected chi connectivity index (χ2v) is 3.90. The zero-order valence-corrected chi connectivity index (χ0v) is 9.14. The van der Waals surface area contributed by atoms with Gasteiger partial charge in [-0.05, 0) is 13.1 Å². The van der Waals surface area contributed by atoms with Gasteiger partial charge in [0.2, 0.25) is 0 Å². The number of aromatic amines is 1. The molecule has 0 atom stereocenters. The number of likely N-dealkylation sites (N-methyl/N-ethyl adjacent to an activating group) is 1. The van der Waals surface area contributed by atoms with Crippen LogP contribution in [0.3, 0.4) is 0 Å². The van der Waals surface area contributed by atoms with Crippen molar-refractivity contribution in [3.8, 4) is 0 Å². The summed E-state index contributed by atoms with van der Waals surface area (Å²) in [6.07, 6.45) is 0. The second-order valence-electron chi connectivity index (χ2n) is 3.90. The fourth-order valence-electron chi connectivity index (χ4n) is 1.64. The maximum atomic E-state index is 11.9. The quantitative estimate of drug-likeness (QED) is 0.672. The van der Waals surface area contributed by atoms with Crippen molar-refractivity contribution in [3.63, 3.8) is 0 Å². The average molecular weight is 222 g/mol. The van der Waals surface area contributed by atoms with Gasteiger partial charge in [0, 0.05) is 32.2 Å². The van der Waals surface area contributed by atoms with Gasteiger partial charge >= 0.3 is 0 Å². The molecule has 0 aliphatic carbocycles. The Kier molecular flexibility index (Phi) is 3.00. The number of piperazine rings is 1. The third kappa shape index (κ3) is 2.27. The van der Waals surface area contributed by atoms with Crippen LogP contribution in [0, 0.1) is 0 Å². The minimum absolute atomic E-state index is 0.121. The Morgan fingerprint density at radius 2 is 2.00 bits per heavy atom. The lowest BCUT2D eigenvalue weighted by atomic mass is 10.3. The topological polar surface area (TPSA) is 69.3 Å². The molecule has 6 nitrogen and oxygen atoms in total. The van der Waals surface area contributed by atoms with Crippen LogP contribution < -0.4 is 5.56 Å². The summed E-state index contributed by atoms with van der Waals surface area (Å²) in [5.41, 5.74) is -0.000851. The number of amides is 1. The Morgan fingerprint density at radius 3 is 2.56 bits per heavy atom. The van der Waals surface area contributed by atoms with Gasteiger partial charge in [-0.2, -0.15) is 5.10 Å². The van der Waals surface area contributed by atoms with Crippen molar-refractivity contribution in [2.45, 2.75) is 0 Å². The molecular weight excluding hydrogens is 208 g/mol. The van der Waals surface area contributed by atoms with E-state index in [1.54, 1.807) is 4.90 Å². The van der Waals surface area contributed by atoms with Crippen LogP contribution in [-0.2, 0) is 0 Å². The summed E-state index contributed by atoms with van der Waals surface area (Å²) in [6.45, 7) is 3.15. The summed E-state index contributed by atoms with van der Waals surface area (Å²) in [5, 5.41) is 6.00. The lowest BCUT2D eigenvalue weighted by Crippen LogP contribution is -2.47. The highest BCUT2D eigenvalue weighted by molar-refractivity contribution is 5.92. The van der Waals surface area contributed by atoms with Crippen molar-refractivity contribution in [2.24, 2.45) is 0 Å². The summed E-state index contributed by atoms with van der Waals surface area (Å²) < 4.78 is 0. The highest BCUT2D eigenvalue weighted by Crippen LogP contribution is 2.04. The number of carbonyl (C=O) groups excluding carboxylic acids is 1. The van der Waals surface area contributed by atoms with Gasteiger partial charge in [0.05, 0.1) is 0 Å². The molecular formula is C10H14N4O2. The third-order valence-corrected chi connectivity index (χ3v) is 2.69. The number of aromatic nitrogens is 2. The Hall–Kier alpha value is -1.69. The molecule has 0 spiro atoms. The molecule has 0 unspecified atom stereocenters. The first-order valence-electron chi connectivity index (χ1n) is 5.20. The van der Waals surface area contributed by atoms with Crippen LogP contribution in [0.5, 0.6) is 0 Å². The largest absolute Gasteiger partial charge is 0.335 e. The first-order chi connectivity index (χ1) is 7.66. The molecule has 0 bridgehead atoms. The van der Waals surface area contributed by atoms with Crippen LogP contribution in [0.4, 0.5) is 0 Å². The van der Waals surface area contributed by atoms with Gasteiger partial charge in [-0.1, -0.05) is 0 Å². The van der Waals surface area contributed by atoms with Gasteiger partial charge in [0.15, 0.2) is 0 Å². The van der Waals surface area contributed by atoms with Crippen LogP contribution in [0.2, 0.25) is 0 Å². The summed E-state index contributed by atoms with van der Waals surface area (Å²) >= 11 is 0. The number of nitrogens with zero attached hydrogens (tertiary/aromatic N) is 3. The number of hydrogen-bond donors (Lipinski definition) is 1. The van der Waals surface area contributed by atoms with E-state index >= 15 is 0 Å². The number of rotatable bonds is 1. The van der Waals surface area contributed by atoms with E-state index in [0.29, 0.717) is 18.8 Å². The van der Waals surface area contributed by atoms with E-state index in [0.717, 1.165) is 13.1 Å². The minimum Gasteiger partial charge on any atom is -0.335 e. The first-order valence-corrected chi connectivity index (χ1v) is 5.20. The molecule has 16 heavy (non-hydrogen) atoms. The zero-order valence-electron chi connectivity index (χ0n) is 9.14. The summed E-state index contributed by atoms with van der Waals surface area (Å²) in [4.78, 5) is 26.7. The Labute approximate surface area is 92.9 Å². The molecule has 2 rings (SSSR count). The van der Waals surface area contributed by atoms with Crippen LogP contribution >= 0.6 is 0 Å². The van der Waals surface area contributed by atoms with E-state index in [4.69, 9.17) is 0 Å². The Bertz CT molecular complexity index is 414. The lowest BCUT2D eigenvalue weighted by Gasteiger charge is -2.32. The predicted molar refractivity (Wildman–Crippen MR) is 58.3 cm³/mol. The number of nitrogens with one attached hydrogen (secondary N) is 1. The van der Waals surface area contributed by atoms with Crippen molar-refractivity contribution >= 4 is 5.91 Å².